The first-order valence-electron chi connectivity index (χ1n) is 11.0. The van der Waals surface area contributed by atoms with E-state index in [1.165, 1.54) is 69.9 Å². The zero-order valence-corrected chi connectivity index (χ0v) is 22.1. The number of carbonyl (C=O) groups is 2. The van der Waals surface area contributed by atoms with Crippen LogP contribution in [0, 0.1) is 0 Å². The van der Waals surface area contributed by atoms with Crippen molar-refractivity contribution in [2.75, 3.05) is 12.4 Å². The number of methoxy groups -OCH3 is 1. The third-order valence-corrected chi connectivity index (χ3v) is 7.35. The van der Waals surface area contributed by atoms with E-state index in [0.717, 1.165) is 4.88 Å². The van der Waals surface area contributed by atoms with Crippen LogP contribution in [0.2, 0.25) is 4.34 Å². The van der Waals surface area contributed by atoms with Crippen LogP contribution in [-0.2, 0) is 13.1 Å². The highest BCUT2D eigenvalue weighted by Crippen LogP contribution is 2.26. The molecular weight excluding hydrogens is 550 g/mol. The van der Waals surface area contributed by atoms with Crippen LogP contribution in [0.4, 0.5) is 5.82 Å². The van der Waals surface area contributed by atoms with Gasteiger partial charge in [0.15, 0.2) is 10.8 Å². The van der Waals surface area contributed by atoms with Crippen molar-refractivity contribution in [3.8, 4) is 17.1 Å². The summed E-state index contributed by atoms with van der Waals surface area (Å²) in [6, 6.07) is 8.39. The van der Waals surface area contributed by atoms with Crippen LogP contribution in [0.3, 0.4) is 0 Å². The van der Waals surface area contributed by atoms with Gasteiger partial charge < -0.3 is 10.1 Å². The van der Waals surface area contributed by atoms with E-state index in [1.54, 1.807) is 23.6 Å². The minimum Gasteiger partial charge on any atom is -0.491 e. The van der Waals surface area contributed by atoms with Gasteiger partial charge in [0.2, 0.25) is 5.78 Å². The minimum absolute atomic E-state index is 0.0481. The Bertz CT molecular complexity index is 1660. The Kier molecular flexibility index (Phi) is 7.40. The van der Waals surface area contributed by atoms with Crippen molar-refractivity contribution in [2.24, 2.45) is 0 Å². The maximum absolute atomic E-state index is 13.2. The molecule has 0 spiro atoms. The van der Waals surface area contributed by atoms with E-state index in [4.69, 9.17) is 16.3 Å². The molecule has 0 saturated heterocycles. The smallest absolute Gasteiger partial charge is 0.309 e. The largest absolute Gasteiger partial charge is 0.491 e. The van der Waals surface area contributed by atoms with Crippen LogP contribution >= 0.6 is 34.3 Å². The maximum Gasteiger partial charge on any atom is 0.309 e. The van der Waals surface area contributed by atoms with Gasteiger partial charge >= 0.3 is 5.91 Å². The van der Waals surface area contributed by atoms with Crippen LogP contribution in [-0.4, -0.2) is 48.1 Å². The van der Waals surface area contributed by atoms with E-state index in [-0.39, 0.29) is 28.7 Å². The number of carbonyl (C=O) groups excluding carboxylic acids is 2. The molecule has 0 atom stereocenters. The highest BCUT2D eigenvalue weighted by Gasteiger charge is 2.23. The molecule has 192 valence electrons. The molecule has 11 nitrogen and oxygen atoms in total. The summed E-state index contributed by atoms with van der Waals surface area (Å²) in [7, 11) is 1.37. The van der Waals surface area contributed by atoms with Crippen molar-refractivity contribution >= 4 is 51.8 Å². The molecule has 5 heterocycles. The molecule has 14 heteroatoms. The summed E-state index contributed by atoms with van der Waals surface area (Å²) in [6.45, 7) is 0.0437. The van der Waals surface area contributed by atoms with Gasteiger partial charge in [-0.25, -0.2) is 9.97 Å². The van der Waals surface area contributed by atoms with Crippen LogP contribution in [0.25, 0.3) is 11.4 Å². The Morgan fingerprint density at radius 1 is 1.13 bits per heavy atom. The first-order valence-corrected chi connectivity index (χ1v) is 13.1. The van der Waals surface area contributed by atoms with Gasteiger partial charge in [0.25, 0.3) is 5.56 Å². The monoisotopic (exact) mass is 567 g/mol. The van der Waals surface area contributed by atoms with Gasteiger partial charge in [0, 0.05) is 34.9 Å². The molecule has 5 rings (SSSR count). The second-order valence-corrected chi connectivity index (χ2v) is 10.4. The predicted octanol–water partition coefficient (Wildman–Crippen LogP) is 3.87. The third kappa shape index (κ3) is 5.25. The van der Waals surface area contributed by atoms with E-state index in [0.29, 0.717) is 22.4 Å². The molecule has 0 aliphatic rings. The van der Waals surface area contributed by atoms with Crippen molar-refractivity contribution in [3.05, 3.63) is 90.8 Å². The van der Waals surface area contributed by atoms with Gasteiger partial charge in [0.05, 0.1) is 36.4 Å². The van der Waals surface area contributed by atoms with Gasteiger partial charge in [-0.1, -0.05) is 11.6 Å². The molecule has 0 unspecified atom stereocenters. The standard InChI is InChI=1S/C24H18ClN7O4S2/c1-36-19-4-3-17(31(23(19)34)13-18(33)16-12-26-6-7-27-16)15-10-21(29-11-14-2-5-20(25)38-14)32(30-15)24(35)22-28-8-9-37-22/h2-10,12,29H,11,13H2,1H3. The molecule has 0 fully saturated rings. The molecule has 0 aliphatic carbocycles. The van der Waals surface area contributed by atoms with Crippen molar-refractivity contribution in [2.45, 2.75) is 13.1 Å². The first kappa shape index (κ1) is 25.4. The second kappa shape index (κ2) is 11.0. The number of ether oxygens (including phenoxy) is 1. The van der Waals surface area contributed by atoms with Gasteiger partial charge in [-0.15, -0.1) is 22.7 Å². The number of anilines is 1. The Morgan fingerprint density at radius 3 is 2.68 bits per heavy atom. The SMILES string of the molecule is COc1ccc(-c2cc(NCc3ccc(Cl)s3)n(C(=O)c3nccs3)n2)n(CC(=O)c2cnccn2)c1=O. The van der Waals surface area contributed by atoms with Crippen molar-refractivity contribution in [3.63, 3.8) is 0 Å². The van der Waals surface area contributed by atoms with Crippen molar-refractivity contribution < 1.29 is 14.3 Å². The topological polar surface area (TPSA) is 134 Å². The summed E-state index contributed by atoms with van der Waals surface area (Å²) >= 11 is 8.64. The molecule has 0 radical (unpaired) electrons. The highest BCUT2D eigenvalue weighted by molar-refractivity contribution is 7.16. The summed E-state index contributed by atoms with van der Waals surface area (Å²) < 4.78 is 8.25. The molecular formula is C24H18ClN7O4S2. The lowest BCUT2D eigenvalue weighted by atomic mass is 10.2. The molecule has 0 aliphatic heterocycles. The normalized spacial score (nSPS) is 10.9. The van der Waals surface area contributed by atoms with E-state index < -0.39 is 17.2 Å². The Hall–Kier alpha value is -4.20. The summed E-state index contributed by atoms with van der Waals surface area (Å²) in [6.07, 6.45) is 5.70. The number of thiazole rings is 1. The number of Topliss-reactive ketones (excluding diaryl/α,β-unsaturated/α-hetero) is 1. The molecule has 0 aromatic carbocycles. The van der Waals surface area contributed by atoms with Gasteiger partial charge in [-0.3, -0.25) is 23.9 Å². The summed E-state index contributed by atoms with van der Waals surface area (Å²) in [5, 5.41) is 9.64. The lowest BCUT2D eigenvalue weighted by Gasteiger charge is -2.12. The average Bonchev–Trinajstić information content (AvgIpc) is 3.70. The Morgan fingerprint density at radius 2 is 2.00 bits per heavy atom. The second-order valence-electron chi connectivity index (χ2n) is 7.72. The zero-order valence-electron chi connectivity index (χ0n) is 19.7. The number of ketones is 1. The fraction of sp³-hybridized carbons (Fsp3) is 0.125. The van der Waals surface area contributed by atoms with Crippen LogP contribution < -0.4 is 15.6 Å². The predicted molar refractivity (Wildman–Crippen MR) is 143 cm³/mol. The van der Waals surface area contributed by atoms with Gasteiger partial charge in [0.1, 0.15) is 17.2 Å². The number of pyridine rings is 1. The number of halogens is 1. The number of thiophene rings is 1. The lowest BCUT2D eigenvalue weighted by molar-refractivity contribution is 0.0943. The number of rotatable bonds is 9. The number of nitrogens with one attached hydrogen (secondary N) is 1. The van der Waals surface area contributed by atoms with Crippen molar-refractivity contribution in [1.29, 1.82) is 0 Å². The third-order valence-electron chi connectivity index (χ3n) is 5.36. The molecule has 5 aromatic rings. The van der Waals surface area contributed by atoms with E-state index in [1.807, 2.05) is 6.07 Å². The fourth-order valence-electron chi connectivity index (χ4n) is 3.59. The summed E-state index contributed by atoms with van der Waals surface area (Å²) in [5.74, 6) is -0.455. The number of hydrogen-bond donors (Lipinski definition) is 1. The van der Waals surface area contributed by atoms with Crippen LogP contribution in [0.1, 0.15) is 25.2 Å². The Labute approximate surface area is 228 Å². The molecule has 5 aromatic heterocycles. The highest BCUT2D eigenvalue weighted by atomic mass is 35.5. The number of aromatic nitrogens is 6. The van der Waals surface area contributed by atoms with Gasteiger partial charge in [-0.2, -0.15) is 9.78 Å². The number of nitrogens with zero attached hydrogens (tertiary/aromatic N) is 6. The quantitative estimate of drug-likeness (QED) is 0.263. The fourth-order valence-corrected chi connectivity index (χ4v) is 5.18. The average molecular weight is 568 g/mol. The molecule has 1 N–H and O–H groups in total. The molecule has 0 saturated carbocycles. The van der Waals surface area contributed by atoms with Crippen LogP contribution in [0.15, 0.2) is 65.3 Å². The van der Waals surface area contributed by atoms with E-state index >= 15 is 0 Å². The maximum atomic E-state index is 13.2. The zero-order chi connectivity index (χ0) is 26.6. The van der Waals surface area contributed by atoms with Crippen molar-refractivity contribution in [1.82, 2.24) is 29.3 Å². The van der Waals surface area contributed by atoms with E-state index in [2.05, 4.69) is 25.4 Å². The minimum atomic E-state index is -0.536. The van der Waals surface area contributed by atoms with Gasteiger partial charge in [-0.05, 0) is 24.3 Å². The molecule has 0 bridgehead atoms. The summed E-state index contributed by atoms with van der Waals surface area (Å²) in [4.78, 5) is 52.4. The van der Waals surface area contributed by atoms with E-state index in [9.17, 15) is 14.4 Å². The summed E-state index contributed by atoms with van der Waals surface area (Å²) in [5.41, 5.74) is 0.162. The number of hydrogen-bond acceptors (Lipinski definition) is 11. The first-order chi connectivity index (χ1) is 18.4. The Balaban J connectivity index is 1.57. The molecule has 0 amide bonds. The lowest BCUT2D eigenvalue weighted by Crippen LogP contribution is -2.27. The van der Waals surface area contributed by atoms with Crippen LogP contribution in [0.5, 0.6) is 5.75 Å². The molecule has 38 heavy (non-hydrogen) atoms.